The Balaban J connectivity index is 1.33. The summed E-state index contributed by atoms with van der Waals surface area (Å²) in [5, 5.41) is 0.665. The maximum atomic E-state index is 12.4. The van der Waals surface area contributed by atoms with E-state index in [-0.39, 0.29) is 17.9 Å². The van der Waals surface area contributed by atoms with Gasteiger partial charge >= 0.3 is 0 Å². The molecule has 148 valence electrons. The SMILES string of the molecule is O=C(CCOCC1CCCO1)N1CCN(C(=O)Cc2ccc(Cl)cc2)CC1. The first-order valence-corrected chi connectivity index (χ1v) is 9.99. The van der Waals surface area contributed by atoms with Crippen LogP contribution in [0.3, 0.4) is 0 Å². The van der Waals surface area contributed by atoms with Crippen LogP contribution in [0.2, 0.25) is 5.02 Å². The maximum absolute atomic E-state index is 12.4. The van der Waals surface area contributed by atoms with E-state index >= 15 is 0 Å². The van der Waals surface area contributed by atoms with Gasteiger partial charge in [-0.15, -0.1) is 0 Å². The van der Waals surface area contributed by atoms with Crippen LogP contribution in [-0.4, -0.2) is 73.7 Å². The van der Waals surface area contributed by atoms with Gasteiger partial charge < -0.3 is 19.3 Å². The summed E-state index contributed by atoms with van der Waals surface area (Å²) >= 11 is 5.87. The molecule has 3 rings (SSSR count). The number of hydrogen-bond acceptors (Lipinski definition) is 4. The minimum atomic E-state index is 0.0873. The monoisotopic (exact) mass is 394 g/mol. The van der Waals surface area contributed by atoms with Gasteiger partial charge in [-0.3, -0.25) is 9.59 Å². The Morgan fingerprint density at radius 2 is 1.74 bits per heavy atom. The molecule has 7 heteroatoms. The summed E-state index contributed by atoms with van der Waals surface area (Å²) in [4.78, 5) is 28.4. The molecule has 1 unspecified atom stereocenters. The lowest BCUT2D eigenvalue weighted by molar-refractivity contribution is -0.140. The highest BCUT2D eigenvalue weighted by molar-refractivity contribution is 6.30. The van der Waals surface area contributed by atoms with Crippen molar-refractivity contribution in [2.75, 3.05) is 46.0 Å². The van der Waals surface area contributed by atoms with Crippen LogP contribution in [0.1, 0.15) is 24.8 Å². The number of ether oxygens (including phenoxy) is 2. The number of carbonyl (C=O) groups is 2. The molecule has 2 heterocycles. The van der Waals surface area contributed by atoms with Gasteiger partial charge in [0.2, 0.25) is 11.8 Å². The van der Waals surface area contributed by atoms with Gasteiger partial charge in [-0.25, -0.2) is 0 Å². The molecule has 0 spiro atoms. The van der Waals surface area contributed by atoms with Gasteiger partial charge in [0.05, 0.1) is 32.2 Å². The normalized spacial score (nSPS) is 20.1. The van der Waals surface area contributed by atoms with E-state index in [1.807, 2.05) is 21.9 Å². The molecule has 1 aromatic rings. The zero-order chi connectivity index (χ0) is 19.1. The molecular weight excluding hydrogens is 368 g/mol. The number of rotatable bonds is 7. The molecule has 0 N–H and O–H groups in total. The zero-order valence-corrected chi connectivity index (χ0v) is 16.3. The van der Waals surface area contributed by atoms with E-state index in [9.17, 15) is 9.59 Å². The summed E-state index contributed by atoms with van der Waals surface area (Å²) in [7, 11) is 0. The van der Waals surface area contributed by atoms with E-state index in [1.54, 1.807) is 12.1 Å². The second-order valence-electron chi connectivity index (χ2n) is 7.02. The quantitative estimate of drug-likeness (QED) is 0.665. The van der Waals surface area contributed by atoms with Crippen molar-refractivity contribution in [1.82, 2.24) is 9.80 Å². The van der Waals surface area contributed by atoms with Gasteiger partial charge in [-0.2, -0.15) is 0 Å². The Morgan fingerprint density at radius 3 is 2.37 bits per heavy atom. The molecular formula is C20H27ClN2O4. The highest BCUT2D eigenvalue weighted by atomic mass is 35.5. The van der Waals surface area contributed by atoms with Gasteiger partial charge in [0.15, 0.2) is 0 Å². The molecule has 0 saturated carbocycles. The van der Waals surface area contributed by atoms with Crippen molar-refractivity contribution in [1.29, 1.82) is 0 Å². The first-order chi connectivity index (χ1) is 13.1. The number of carbonyl (C=O) groups excluding carboxylic acids is 2. The lowest BCUT2D eigenvalue weighted by atomic mass is 10.1. The van der Waals surface area contributed by atoms with E-state index in [0.29, 0.717) is 57.3 Å². The highest BCUT2D eigenvalue weighted by Gasteiger charge is 2.24. The topological polar surface area (TPSA) is 59.1 Å². The Kier molecular flexibility index (Phi) is 7.50. The van der Waals surface area contributed by atoms with Crippen LogP contribution in [0.15, 0.2) is 24.3 Å². The Morgan fingerprint density at radius 1 is 1.07 bits per heavy atom. The standard InChI is InChI=1S/C20H27ClN2O4/c21-17-5-3-16(4-6-17)14-20(25)23-10-8-22(9-11-23)19(24)7-13-26-15-18-2-1-12-27-18/h3-6,18H,1-2,7-15H2. The third-order valence-electron chi connectivity index (χ3n) is 5.04. The maximum Gasteiger partial charge on any atom is 0.227 e. The fourth-order valence-corrected chi connectivity index (χ4v) is 3.53. The number of benzene rings is 1. The first-order valence-electron chi connectivity index (χ1n) is 9.61. The van der Waals surface area contributed by atoms with Crippen molar-refractivity contribution in [3.8, 4) is 0 Å². The average Bonchev–Trinajstić information content (AvgIpc) is 3.20. The summed E-state index contributed by atoms with van der Waals surface area (Å²) in [6.07, 6.45) is 3.07. The molecule has 0 aliphatic carbocycles. The molecule has 2 amide bonds. The van der Waals surface area contributed by atoms with Gasteiger partial charge in [0, 0.05) is 37.8 Å². The molecule has 1 atom stereocenters. The smallest absolute Gasteiger partial charge is 0.227 e. The summed E-state index contributed by atoms with van der Waals surface area (Å²) in [6, 6.07) is 7.33. The Labute approximate surface area is 165 Å². The molecule has 27 heavy (non-hydrogen) atoms. The number of halogens is 1. The summed E-state index contributed by atoms with van der Waals surface area (Å²) in [5.41, 5.74) is 0.950. The molecule has 2 fully saturated rings. The Hall–Kier alpha value is -1.63. The van der Waals surface area contributed by atoms with Crippen LogP contribution in [-0.2, 0) is 25.5 Å². The van der Waals surface area contributed by atoms with Crippen LogP contribution in [0, 0.1) is 0 Å². The van der Waals surface area contributed by atoms with Crippen LogP contribution in [0.4, 0.5) is 0 Å². The van der Waals surface area contributed by atoms with Crippen LogP contribution < -0.4 is 0 Å². The fourth-order valence-electron chi connectivity index (χ4n) is 3.40. The van der Waals surface area contributed by atoms with Gasteiger partial charge in [0.1, 0.15) is 0 Å². The second-order valence-corrected chi connectivity index (χ2v) is 7.46. The van der Waals surface area contributed by atoms with E-state index in [0.717, 1.165) is 25.0 Å². The summed E-state index contributed by atoms with van der Waals surface area (Å²) in [6.45, 7) is 4.13. The van der Waals surface area contributed by atoms with E-state index in [4.69, 9.17) is 21.1 Å². The molecule has 2 aliphatic heterocycles. The molecule has 0 bridgehead atoms. The minimum absolute atomic E-state index is 0.0873. The fraction of sp³-hybridized carbons (Fsp3) is 0.600. The van der Waals surface area contributed by atoms with Crippen LogP contribution >= 0.6 is 11.6 Å². The average molecular weight is 395 g/mol. The molecule has 2 saturated heterocycles. The number of amides is 2. The molecule has 0 aromatic heterocycles. The Bertz CT molecular complexity index is 623. The third kappa shape index (κ3) is 6.19. The van der Waals surface area contributed by atoms with Crippen molar-refractivity contribution in [2.24, 2.45) is 0 Å². The van der Waals surface area contributed by atoms with Crippen molar-refractivity contribution in [3.05, 3.63) is 34.9 Å². The van der Waals surface area contributed by atoms with Crippen molar-refractivity contribution < 1.29 is 19.1 Å². The van der Waals surface area contributed by atoms with Crippen LogP contribution in [0.5, 0.6) is 0 Å². The molecule has 1 aromatic carbocycles. The van der Waals surface area contributed by atoms with E-state index < -0.39 is 0 Å². The number of nitrogens with zero attached hydrogens (tertiary/aromatic N) is 2. The van der Waals surface area contributed by atoms with Gasteiger partial charge in [-0.05, 0) is 30.5 Å². The highest BCUT2D eigenvalue weighted by Crippen LogP contribution is 2.13. The number of hydrogen-bond donors (Lipinski definition) is 0. The number of piperazine rings is 1. The van der Waals surface area contributed by atoms with E-state index in [1.165, 1.54) is 0 Å². The predicted molar refractivity (Wildman–Crippen MR) is 103 cm³/mol. The molecule has 2 aliphatic rings. The van der Waals surface area contributed by atoms with Crippen molar-refractivity contribution >= 4 is 23.4 Å². The summed E-state index contributed by atoms with van der Waals surface area (Å²) in [5.74, 6) is 0.177. The summed E-state index contributed by atoms with van der Waals surface area (Å²) < 4.78 is 11.1. The van der Waals surface area contributed by atoms with Crippen LogP contribution in [0.25, 0.3) is 0 Å². The van der Waals surface area contributed by atoms with E-state index in [2.05, 4.69) is 0 Å². The second kappa shape index (κ2) is 10.1. The van der Waals surface area contributed by atoms with Crippen molar-refractivity contribution in [3.63, 3.8) is 0 Å². The predicted octanol–water partition coefficient (Wildman–Crippen LogP) is 2.14. The molecule has 6 nitrogen and oxygen atoms in total. The third-order valence-corrected chi connectivity index (χ3v) is 5.29. The van der Waals surface area contributed by atoms with Gasteiger partial charge in [0.25, 0.3) is 0 Å². The van der Waals surface area contributed by atoms with Crippen molar-refractivity contribution in [2.45, 2.75) is 31.8 Å². The lowest BCUT2D eigenvalue weighted by Gasteiger charge is -2.35. The largest absolute Gasteiger partial charge is 0.378 e. The molecule has 0 radical (unpaired) electrons. The lowest BCUT2D eigenvalue weighted by Crippen LogP contribution is -2.51. The zero-order valence-electron chi connectivity index (χ0n) is 15.6. The minimum Gasteiger partial charge on any atom is -0.378 e. The van der Waals surface area contributed by atoms with Gasteiger partial charge in [-0.1, -0.05) is 23.7 Å². The first kappa shape index (κ1) is 20.1.